The Morgan fingerprint density at radius 2 is 2.05 bits per heavy atom. The Bertz CT molecular complexity index is 593. The molecule has 106 valence electrons. The van der Waals surface area contributed by atoms with Crippen LogP contribution in [0.3, 0.4) is 0 Å². The Labute approximate surface area is 113 Å². The summed E-state index contributed by atoms with van der Waals surface area (Å²) in [5.41, 5.74) is 0.600. The van der Waals surface area contributed by atoms with Gasteiger partial charge >= 0.3 is 0 Å². The van der Waals surface area contributed by atoms with Gasteiger partial charge in [-0.05, 0) is 30.3 Å². The molecule has 0 radical (unpaired) electrons. The van der Waals surface area contributed by atoms with Crippen LogP contribution in [0.5, 0.6) is 11.5 Å². The average molecular weight is 282 g/mol. The van der Waals surface area contributed by atoms with Crippen molar-refractivity contribution in [1.29, 1.82) is 0 Å². The molecule has 0 N–H and O–H groups in total. The van der Waals surface area contributed by atoms with E-state index in [0.717, 1.165) is 0 Å². The van der Waals surface area contributed by atoms with Crippen molar-refractivity contribution in [2.45, 2.75) is 6.43 Å². The first-order chi connectivity index (χ1) is 9.63. The smallest absolute Gasteiger partial charge is 0.272 e. The molecule has 0 bridgehead atoms. The molecular weight excluding hydrogens is 270 g/mol. The standard InChI is InChI=1S/C14H12F2O4/c1-18-12-4-2-9(6-13(12)19-8-14(15)16)11-5-3-10(7-17)20-11/h2-7,14H,8H2,1H3. The van der Waals surface area contributed by atoms with Gasteiger partial charge in [-0.25, -0.2) is 8.78 Å². The molecule has 0 amide bonds. The van der Waals surface area contributed by atoms with Gasteiger partial charge in [-0.1, -0.05) is 0 Å². The van der Waals surface area contributed by atoms with Crippen molar-refractivity contribution in [2.24, 2.45) is 0 Å². The van der Waals surface area contributed by atoms with Gasteiger partial charge < -0.3 is 13.9 Å². The number of hydrogen-bond acceptors (Lipinski definition) is 4. The number of carbonyl (C=O) groups excluding carboxylic acids is 1. The number of alkyl halides is 2. The number of ether oxygens (including phenoxy) is 2. The first-order valence-corrected chi connectivity index (χ1v) is 5.78. The maximum Gasteiger partial charge on any atom is 0.272 e. The number of halogens is 2. The third-order valence-electron chi connectivity index (χ3n) is 2.56. The molecule has 0 aliphatic rings. The minimum Gasteiger partial charge on any atom is -0.493 e. The molecule has 1 aromatic carbocycles. The Balaban J connectivity index is 2.30. The van der Waals surface area contributed by atoms with Crippen molar-refractivity contribution < 1.29 is 27.5 Å². The second kappa shape index (κ2) is 6.18. The molecule has 1 heterocycles. The van der Waals surface area contributed by atoms with Crippen molar-refractivity contribution >= 4 is 6.29 Å². The van der Waals surface area contributed by atoms with Gasteiger partial charge in [0.15, 0.2) is 23.5 Å². The molecule has 2 rings (SSSR count). The van der Waals surface area contributed by atoms with E-state index in [0.29, 0.717) is 23.4 Å². The van der Waals surface area contributed by atoms with Gasteiger partial charge in [0, 0.05) is 5.56 Å². The van der Waals surface area contributed by atoms with Gasteiger partial charge in [0.2, 0.25) is 0 Å². The van der Waals surface area contributed by atoms with E-state index in [1.165, 1.54) is 19.2 Å². The number of carbonyl (C=O) groups is 1. The first-order valence-electron chi connectivity index (χ1n) is 5.78. The Morgan fingerprint density at radius 1 is 1.25 bits per heavy atom. The van der Waals surface area contributed by atoms with Gasteiger partial charge in [0.1, 0.15) is 12.4 Å². The van der Waals surface area contributed by atoms with E-state index in [-0.39, 0.29) is 11.5 Å². The average Bonchev–Trinajstić information content (AvgIpc) is 2.93. The van der Waals surface area contributed by atoms with Crippen molar-refractivity contribution in [2.75, 3.05) is 13.7 Å². The molecule has 0 atom stereocenters. The lowest BCUT2D eigenvalue weighted by atomic mass is 10.1. The molecule has 0 aliphatic heterocycles. The Hall–Kier alpha value is -2.37. The maximum absolute atomic E-state index is 12.2. The van der Waals surface area contributed by atoms with Crippen LogP contribution < -0.4 is 9.47 Å². The van der Waals surface area contributed by atoms with E-state index >= 15 is 0 Å². The van der Waals surface area contributed by atoms with Crippen LogP contribution in [0.4, 0.5) is 8.78 Å². The second-order valence-corrected chi connectivity index (χ2v) is 3.89. The van der Waals surface area contributed by atoms with E-state index < -0.39 is 13.0 Å². The fourth-order valence-electron chi connectivity index (χ4n) is 1.67. The van der Waals surface area contributed by atoms with Gasteiger partial charge in [-0.2, -0.15) is 0 Å². The summed E-state index contributed by atoms with van der Waals surface area (Å²) in [7, 11) is 1.42. The second-order valence-electron chi connectivity index (χ2n) is 3.89. The number of benzene rings is 1. The van der Waals surface area contributed by atoms with Crippen LogP contribution in [0.2, 0.25) is 0 Å². The minimum absolute atomic E-state index is 0.186. The van der Waals surface area contributed by atoms with E-state index in [1.54, 1.807) is 18.2 Å². The number of rotatable bonds is 6. The lowest BCUT2D eigenvalue weighted by molar-refractivity contribution is 0.0804. The zero-order valence-corrected chi connectivity index (χ0v) is 10.6. The van der Waals surface area contributed by atoms with Crippen molar-refractivity contribution in [3.63, 3.8) is 0 Å². The third-order valence-corrected chi connectivity index (χ3v) is 2.56. The zero-order chi connectivity index (χ0) is 14.5. The Kier molecular flexibility index (Phi) is 4.34. The highest BCUT2D eigenvalue weighted by Gasteiger charge is 2.12. The highest BCUT2D eigenvalue weighted by Crippen LogP contribution is 2.33. The molecule has 0 saturated carbocycles. The van der Waals surface area contributed by atoms with Crippen LogP contribution >= 0.6 is 0 Å². The van der Waals surface area contributed by atoms with Crippen LogP contribution in [-0.4, -0.2) is 26.4 Å². The fraction of sp³-hybridized carbons (Fsp3) is 0.214. The van der Waals surface area contributed by atoms with Crippen LogP contribution in [0.15, 0.2) is 34.7 Å². The van der Waals surface area contributed by atoms with E-state index in [1.807, 2.05) is 0 Å². The lowest BCUT2D eigenvalue weighted by Gasteiger charge is -2.11. The predicted octanol–water partition coefficient (Wildman–Crippen LogP) is 3.41. The highest BCUT2D eigenvalue weighted by atomic mass is 19.3. The topological polar surface area (TPSA) is 48.7 Å². The molecule has 4 nitrogen and oxygen atoms in total. The summed E-state index contributed by atoms with van der Waals surface area (Å²) in [6, 6.07) is 7.92. The van der Waals surface area contributed by atoms with Gasteiger partial charge in [-0.3, -0.25) is 4.79 Å². The quantitative estimate of drug-likeness (QED) is 0.762. The van der Waals surface area contributed by atoms with Gasteiger partial charge in [0.25, 0.3) is 6.43 Å². The van der Waals surface area contributed by atoms with Gasteiger partial charge in [-0.15, -0.1) is 0 Å². The summed E-state index contributed by atoms with van der Waals surface area (Å²) in [6.45, 7) is -0.725. The number of aldehydes is 1. The summed E-state index contributed by atoms with van der Waals surface area (Å²) in [5.74, 6) is 1.16. The maximum atomic E-state index is 12.2. The minimum atomic E-state index is -2.58. The van der Waals surface area contributed by atoms with Crippen LogP contribution in [0.1, 0.15) is 10.6 Å². The monoisotopic (exact) mass is 282 g/mol. The van der Waals surface area contributed by atoms with Gasteiger partial charge in [0.05, 0.1) is 7.11 Å². The summed E-state index contributed by atoms with van der Waals surface area (Å²) < 4.78 is 39.7. The van der Waals surface area contributed by atoms with E-state index in [9.17, 15) is 13.6 Å². The SMILES string of the molecule is COc1ccc(-c2ccc(C=O)o2)cc1OCC(F)F. The van der Waals surface area contributed by atoms with Crippen molar-refractivity contribution in [3.05, 3.63) is 36.1 Å². The molecule has 0 aliphatic carbocycles. The largest absolute Gasteiger partial charge is 0.493 e. The first kappa shape index (κ1) is 14.0. The molecule has 20 heavy (non-hydrogen) atoms. The molecule has 2 aromatic rings. The molecule has 0 spiro atoms. The Morgan fingerprint density at radius 3 is 2.65 bits per heavy atom. The summed E-state index contributed by atoms with van der Waals surface area (Å²) in [4.78, 5) is 10.6. The van der Waals surface area contributed by atoms with Crippen LogP contribution in [0, 0.1) is 0 Å². The van der Waals surface area contributed by atoms with Crippen LogP contribution in [-0.2, 0) is 0 Å². The van der Waals surface area contributed by atoms with Crippen molar-refractivity contribution in [3.8, 4) is 22.8 Å². The molecule has 1 aromatic heterocycles. The van der Waals surface area contributed by atoms with E-state index in [2.05, 4.69) is 0 Å². The van der Waals surface area contributed by atoms with Crippen LogP contribution in [0.25, 0.3) is 11.3 Å². The fourth-order valence-corrected chi connectivity index (χ4v) is 1.67. The summed E-state index contributed by atoms with van der Waals surface area (Å²) >= 11 is 0. The molecule has 0 saturated heterocycles. The molecule has 0 fully saturated rings. The highest BCUT2D eigenvalue weighted by molar-refractivity contribution is 5.73. The zero-order valence-electron chi connectivity index (χ0n) is 10.6. The molecular formula is C14H12F2O4. The number of furan rings is 1. The molecule has 0 unspecified atom stereocenters. The third kappa shape index (κ3) is 3.14. The normalized spacial score (nSPS) is 10.6. The van der Waals surface area contributed by atoms with Crippen molar-refractivity contribution in [1.82, 2.24) is 0 Å². The lowest BCUT2D eigenvalue weighted by Crippen LogP contribution is -2.07. The predicted molar refractivity (Wildman–Crippen MR) is 67.6 cm³/mol. The number of methoxy groups -OCH3 is 1. The summed E-state index contributed by atoms with van der Waals surface area (Å²) in [6.07, 6.45) is -1.99. The molecule has 6 heteroatoms. The summed E-state index contributed by atoms with van der Waals surface area (Å²) in [5, 5.41) is 0. The number of hydrogen-bond donors (Lipinski definition) is 0. The van der Waals surface area contributed by atoms with E-state index in [4.69, 9.17) is 13.9 Å².